The standard InChI is InChI=1S/C26H15ClN2S/c27-26-28-22-14-5-3-11-21(22)24(29-26)18-10-2-1-8-16(18)19-12-7-13-20-17-9-4-6-15-23(17)30-25(19)20/h1-15H. The van der Waals surface area contributed by atoms with Gasteiger partial charge in [0.1, 0.15) is 0 Å². The van der Waals surface area contributed by atoms with Crippen molar-refractivity contribution in [1.29, 1.82) is 0 Å². The van der Waals surface area contributed by atoms with Gasteiger partial charge in [-0.05, 0) is 29.3 Å². The van der Waals surface area contributed by atoms with Crippen LogP contribution in [0, 0.1) is 0 Å². The van der Waals surface area contributed by atoms with Crippen molar-refractivity contribution in [3.05, 3.63) is 96.3 Å². The van der Waals surface area contributed by atoms with Gasteiger partial charge in [0.25, 0.3) is 0 Å². The lowest BCUT2D eigenvalue weighted by atomic mass is 9.94. The number of benzene rings is 4. The lowest BCUT2D eigenvalue weighted by Crippen LogP contribution is -1.93. The topological polar surface area (TPSA) is 25.8 Å². The van der Waals surface area contributed by atoms with E-state index in [1.54, 1.807) is 0 Å². The molecule has 0 unspecified atom stereocenters. The number of hydrogen-bond acceptors (Lipinski definition) is 3. The molecule has 0 aliphatic heterocycles. The van der Waals surface area contributed by atoms with Crippen LogP contribution in [0.15, 0.2) is 91.0 Å². The predicted octanol–water partition coefficient (Wildman–Crippen LogP) is 7.99. The van der Waals surface area contributed by atoms with Crippen molar-refractivity contribution < 1.29 is 0 Å². The van der Waals surface area contributed by atoms with E-state index in [2.05, 4.69) is 82.8 Å². The minimum absolute atomic E-state index is 0.263. The molecule has 4 aromatic carbocycles. The molecule has 0 fully saturated rings. The first-order valence-corrected chi connectivity index (χ1v) is 10.9. The molecule has 0 N–H and O–H groups in total. The molecule has 0 saturated carbocycles. The quantitative estimate of drug-likeness (QED) is 0.264. The normalized spacial score (nSPS) is 11.5. The van der Waals surface area contributed by atoms with Gasteiger partial charge in [-0.2, -0.15) is 0 Å². The molecule has 2 aromatic heterocycles. The maximum Gasteiger partial charge on any atom is 0.223 e. The summed E-state index contributed by atoms with van der Waals surface area (Å²) in [4.78, 5) is 9.04. The summed E-state index contributed by atoms with van der Waals surface area (Å²) in [7, 11) is 0. The van der Waals surface area contributed by atoms with Crippen molar-refractivity contribution >= 4 is 54.0 Å². The summed E-state index contributed by atoms with van der Waals surface area (Å²) in [5, 5.41) is 3.84. The van der Waals surface area contributed by atoms with Crippen molar-refractivity contribution in [2.45, 2.75) is 0 Å². The third-order valence-corrected chi connectivity index (χ3v) is 6.84. The maximum absolute atomic E-state index is 6.30. The van der Waals surface area contributed by atoms with Gasteiger partial charge in [0.2, 0.25) is 5.28 Å². The Morgan fingerprint density at radius 2 is 1.23 bits per heavy atom. The van der Waals surface area contributed by atoms with Crippen LogP contribution in [-0.4, -0.2) is 9.97 Å². The van der Waals surface area contributed by atoms with Crippen LogP contribution in [0.25, 0.3) is 53.5 Å². The maximum atomic E-state index is 6.30. The van der Waals surface area contributed by atoms with Crippen LogP contribution in [-0.2, 0) is 0 Å². The van der Waals surface area contributed by atoms with Gasteiger partial charge in [0, 0.05) is 36.7 Å². The molecule has 6 rings (SSSR count). The molecule has 0 bridgehead atoms. The molecule has 2 heterocycles. The number of hydrogen-bond donors (Lipinski definition) is 0. The van der Waals surface area contributed by atoms with E-state index in [0.717, 1.165) is 27.7 Å². The van der Waals surface area contributed by atoms with Crippen LogP contribution in [0.2, 0.25) is 5.28 Å². The summed E-state index contributed by atoms with van der Waals surface area (Å²) < 4.78 is 2.59. The molecule has 0 radical (unpaired) electrons. The van der Waals surface area contributed by atoms with Crippen molar-refractivity contribution in [2.24, 2.45) is 0 Å². The Balaban J connectivity index is 1.69. The number of rotatable bonds is 2. The van der Waals surface area contributed by atoms with Crippen molar-refractivity contribution in [3.8, 4) is 22.4 Å². The van der Waals surface area contributed by atoms with Gasteiger partial charge < -0.3 is 0 Å². The van der Waals surface area contributed by atoms with E-state index in [1.165, 1.54) is 25.7 Å². The fourth-order valence-electron chi connectivity index (χ4n) is 4.14. The average Bonchev–Trinajstić information content (AvgIpc) is 3.17. The van der Waals surface area contributed by atoms with E-state index in [-0.39, 0.29) is 5.28 Å². The van der Waals surface area contributed by atoms with Gasteiger partial charge in [-0.25, -0.2) is 9.97 Å². The molecule has 0 amide bonds. The molecule has 6 aromatic rings. The molecule has 0 saturated heterocycles. The molecular weight excluding hydrogens is 408 g/mol. The molecular formula is C26H15ClN2S. The lowest BCUT2D eigenvalue weighted by molar-refractivity contribution is 1.22. The Morgan fingerprint density at radius 3 is 2.13 bits per heavy atom. The summed E-state index contributed by atoms with van der Waals surface area (Å²) in [6.45, 7) is 0. The third-order valence-electron chi connectivity index (χ3n) is 5.45. The summed E-state index contributed by atoms with van der Waals surface area (Å²) in [5.74, 6) is 0. The highest BCUT2D eigenvalue weighted by atomic mass is 35.5. The molecule has 0 aliphatic rings. The van der Waals surface area contributed by atoms with Gasteiger partial charge in [0.15, 0.2) is 0 Å². The van der Waals surface area contributed by atoms with Gasteiger partial charge in [0.05, 0.1) is 11.2 Å². The van der Waals surface area contributed by atoms with Crippen LogP contribution < -0.4 is 0 Å². The van der Waals surface area contributed by atoms with Gasteiger partial charge in [-0.3, -0.25) is 0 Å². The number of halogens is 1. The Kier molecular flexibility index (Phi) is 4.05. The average molecular weight is 423 g/mol. The smallest absolute Gasteiger partial charge is 0.218 e. The number of thiophene rings is 1. The van der Waals surface area contributed by atoms with E-state index >= 15 is 0 Å². The Bertz CT molecular complexity index is 1570. The monoisotopic (exact) mass is 422 g/mol. The van der Waals surface area contributed by atoms with Crippen molar-refractivity contribution in [3.63, 3.8) is 0 Å². The van der Waals surface area contributed by atoms with Gasteiger partial charge in [-0.15, -0.1) is 11.3 Å². The SMILES string of the molecule is Clc1nc(-c2ccccc2-c2cccc3c2sc2ccccc23)c2ccccc2n1. The Hall–Kier alpha value is -3.27. The van der Waals surface area contributed by atoms with E-state index in [9.17, 15) is 0 Å². The zero-order chi connectivity index (χ0) is 20.1. The fourth-order valence-corrected chi connectivity index (χ4v) is 5.54. The van der Waals surface area contributed by atoms with Crippen molar-refractivity contribution in [2.75, 3.05) is 0 Å². The molecule has 0 aliphatic carbocycles. The lowest BCUT2D eigenvalue weighted by Gasteiger charge is -2.12. The summed E-state index contributed by atoms with van der Waals surface area (Å²) in [5.41, 5.74) is 5.13. The summed E-state index contributed by atoms with van der Waals surface area (Å²) >= 11 is 8.14. The van der Waals surface area contributed by atoms with E-state index < -0.39 is 0 Å². The number of aromatic nitrogens is 2. The first kappa shape index (κ1) is 17.6. The van der Waals surface area contributed by atoms with E-state index in [0.29, 0.717) is 0 Å². The summed E-state index contributed by atoms with van der Waals surface area (Å²) in [6.07, 6.45) is 0. The number of fused-ring (bicyclic) bond motifs is 4. The second kappa shape index (κ2) is 6.91. The van der Waals surface area contributed by atoms with Crippen LogP contribution in [0.3, 0.4) is 0 Å². The molecule has 30 heavy (non-hydrogen) atoms. The molecule has 142 valence electrons. The first-order valence-electron chi connectivity index (χ1n) is 9.72. The first-order chi connectivity index (χ1) is 14.8. The minimum atomic E-state index is 0.263. The highest BCUT2D eigenvalue weighted by Gasteiger charge is 2.16. The second-order valence-electron chi connectivity index (χ2n) is 7.18. The Morgan fingerprint density at radius 1 is 0.567 bits per heavy atom. The zero-order valence-electron chi connectivity index (χ0n) is 15.8. The molecule has 0 atom stereocenters. The van der Waals surface area contributed by atoms with Crippen LogP contribution in [0.1, 0.15) is 0 Å². The summed E-state index contributed by atoms with van der Waals surface area (Å²) in [6, 6.07) is 31.5. The molecule has 4 heteroatoms. The van der Waals surface area contributed by atoms with Gasteiger partial charge in [-0.1, -0.05) is 78.9 Å². The van der Waals surface area contributed by atoms with Crippen LogP contribution >= 0.6 is 22.9 Å². The number of para-hydroxylation sites is 1. The highest BCUT2D eigenvalue weighted by Crippen LogP contribution is 2.43. The largest absolute Gasteiger partial charge is 0.223 e. The molecule has 2 nitrogen and oxygen atoms in total. The third kappa shape index (κ3) is 2.71. The van der Waals surface area contributed by atoms with Gasteiger partial charge >= 0.3 is 0 Å². The zero-order valence-corrected chi connectivity index (χ0v) is 17.4. The second-order valence-corrected chi connectivity index (χ2v) is 8.57. The van der Waals surface area contributed by atoms with E-state index in [4.69, 9.17) is 11.6 Å². The predicted molar refractivity (Wildman–Crippen MR) is 128 cm³/mol. The van der Waals surface area contributed by atoms with Crippen molar-refractivity contribution in [1.82, 2.24) is 9.97 Å². The highest BCUT2D eigenvalue weighted by molar-refractivity contribution is 7.26. The van der Waals surface area contributed by atoms with Crippen LogP contribution in [0.5, 0.6) is 0 Å². The van der Waals surface area contributed by atoms with E-state index in [1.807, 2.05) is 29.5 Å². The molecule has 0 spiro atoms. The fraction of sp³-hybridized carbons (Fsp3) is 0. The minimum Gasteiger partial charge on any atom is -0.218 e. The Labute approximate surface area is 182 Å². The number of nitrogens with zero attached hydrogens (tertiary/aromatic N) is 2. The van der Waals surface area contributed by atoms with Crippen LogP contribution in [0.4, 0.5) is 0 Å².